The van der Waals surface area contributed by atoms with Gasteiger partial charge < -0.3 is 4.74 Å². The Kier molecular flexibility index (Phi) is 3.92. The van der Waals surface area contributed by atoms with Crippen molar-refractivity contribution in [3.8, 4) is 0 Å². The number of unbranched alkanes of at least 4 members (excludes halogenated alkanes) is 2. The Morgan fingerprint density at radius 2 is 2.18 bits per heavy atom. The highest BCUT2D eigenvalue weighted by molar-refractivity contribution is 4.71. The lowest BCUT2D eigenvalue weighted by Crippen LogP contribution is -2.10. The first-order chi connectivity index (χ1) is 5.34. The van der Waals surface area contributed by atoms with Crippen LogP contribution in [0.1, 0.15) is 46.0 Å². The summed E-state index contributed by atoms with van der Waals surface area (Å²) in [7, 11) is 0. The molecule has 0 aromatic carbocycles. The molecule has 0 spiro atoms. The zero-order valence-corrected chi connectivity index (χ0v) is 7.81. The molecule has 1 heteroatoms. The summed E-state index contributed by atoms with van der Waals surface area (Å²) < 4.78 is 5.50. The molecular weight excluding hydrogens is 136 g/mol. The van der Waals surface area contributed by atoms with Crippen LogP contribution in [0.5, 0.6) is 0 Å². The Hall–Kier alpha value is -0.0400. The van der Waals surface area contributed by atoms with Crippen molar-refractivity contribution in [2.45, 2.75) is 52.1 Å². The van der Waals surface area contributed by atoms with Gasteiger partial charge in [0.25, 0.3) is 0 Å². The van der Waals surface area contributed by atoms with Crippen molar-refractivity contribution in [3.05, 3.63) is 0 Å². The highest BCUT2D eigenvalue weighted by Crippen LogP contribution is 2.25. The molecule has 1 nitrogen and oxygen atoms in total. The minimum atomic E-state index is 0.534. The average Bonchev–Trinajstić information content (AvgIpc) is 2.37. The summed E-state index contributed by atoms with van der Waals surface area (Å²) in [5, 5.41) is 0. The van der Waals surface area contributed by atoms with Gasteiger partial charge in [0.1, 0.15) is 0 Å². The standard InChI is InChI=1S/C10H20O/c1-3-4-5-6-10-7-8-11-9(10)2/h9-10H,3-8H2,1-2H3/t9-,10+/m0/s1. The molecule has 1 rings (SSSR count). The predicted molar refractivity (Wildman–Crippen MR) is 47.7 cm³/mol. The molecule has 1 heterocycles. The van der Waals surface area contributed by atoms with Gasteiger partial charge in [0, 0.05) is 6.61 Å². The largest absolute Gasteiger partial charge is 0.378 e. The van der Waals surface area contributed by atoms with E-state index in [0.717, 1.165) is 12.5 Å². The Balaban J connectivity index is 2.05. The fraction of sp³-hybridized carbons (Fsp3) is 1.00. The topological polar surface area (TPSA) is 9.23 Å². The summed E-state index contributed by atoms with van der Waals surface area (Å²) in [6.45, 7) is 5.47. The third-order valence-corrected chi connectivity index (χ3v) is 2.71. The van der Waals surface area contributed by atoms with E-state index in [2.05, 4.69) is 13.8 Å². The highest BCUT2D eigenvalue weighted by Gasteiger charge is 2.22. The molecule has 0 aliphatic carbocycles. The maximum absolute atomic E-state index is 5.50. The normalized spacial score (nSPS) is 31.1. The van der Waals surface area contributed by atoms with Crippen LogP contribution in [0.15, 0.2) is 0 Å². The van der Waals surface area contributed by atoms with Crippen molar-refractivity contribution in [1.82, 2.24) is 0 Å². The van der Waals surface area contributed by atoms with Crippen LogP contribution in [0.25, 0.3) is 0 Å². The first kappa shape index (κ1) is 9.05. The lowest BCUT2D eigenvalue weighted by Gasteiger charge is -2.12. The van der Waals surface area contributed by atoms with E-state index in [4.69, 9.17) is 4.74 Å². The molecule has 11 heavy (non-hydrogen) atoms. The van der Waals surface area contributed by atoms with Crippen LogP contribution in [-0.4, -0.2) is 12.7 Å². The van der Waals surface area contributed by atoms with Crippen LogP contribution >= 0.6 is 0 Å². The van der Waals surface area contributed by atoms with Gasteiger partial charge in [0.15, 0.2) is 0 Å². The lowest BCUT2D eigenvalue weighted by molar-refractivity contribution is 0.103. The summed E-state index contributed by atoms with van der Waals surface area (Å²) in [4.78, 5) is 0. The van der Waals surface area contributed by atoms with Crippen molar-refractivity contribution in [2.24, 2.45) is 5.92 Å². The van der Waals surface area contributed by atoms with E-state index in [1.807, 2.05) is 0 Å². The van der Waals surface area contributed by atoms with E-state index >= 15 is 0 Å². The monoisotopic (exact) mass is 156 g/mol. The van der Waals surface area contributed by atoms with Gasteiger partial charge in [-0.15, -0.1) is 0 Å². The second-order valence-corrected chi connectivity index (χ2v) is 3.62. The summed E-state index contributed by atoms with van der Waals surface area (Å²) in [6, 6.07) is 0. The highest BCUT2D eigenvalue weighted by atomic mass is 16.5. The van der Waals surface area contributed by atoms with Gasteiger partial charge in [-0.2, -0.15) is 0 Å². The maximum atomic E-state index is 5.50. The summed E-state index contributed by atoms with van der Waals surface area (Å²) in [6.07, 6.45) is 7.34. The molecule has 2 atom stereocenters. The van der Waals surface area contributed by atoms with E-state index in [1.165, 1.54) is 32.1 Å². The van der Waals surface area contributed by atoms with Crippen LogP contribution in [0.3, 0.4) is 0 Å². The van der Waals surface area contributed by atoms with Crippen molar-refractivity contribution in [2.75, 3.05) is 6.61 Å². The second-order valence-electron chi connectivity index (χ2n) is 3.62. The third-order valence-electron chi connectivity index (χ3n) is 2.71. The van der Waals surface area contributed by atoms with Crippen LogP contribution < -0.4 is 0 Å². The fourth-order valence-electron chi connectivity index (χ4n) is 1.81. The summed E-state index contributed by atoms with van der Waals surface area (Å²) in [5.74, 6) is 0.863. The van der Waals surface area contributed by atoms with E-state index in [0.29, 0.717) is 6.10 Å². The Labute approximate surface area is 70.1 Å². The van der Waals surface area contributed by atoms with E-state index < -0.39 is 0 Å². The van der Waals surface area contributed by atoms with Gasteiger partial charge >= 0.3 is 0 Å². The van der Waals surface area contributed by atoms with Crippen LogP contribution in [0, 0.1) is 5.92 Å². The van der Waals surface area contributed by atoms with Crippen LogP contribution in [0.2, 0.25) is 0 Å². The summed E-state index contributed by atoms with van der Waals surface area (Å²) in [5.41, 5.74) is 0. The molecule has 0 amide bonds. The molecule has 0 aromatic rings. The zero-order chi connectivity index (χ0) is 8.10. The molecule has 0 bridgehead atoms. The van der Waals surface area contributed by atoms with Gasteiger partial charge in [-0.05, 0) is 25.7 Å². The van der Waals surface area contributed by atoms with E-state index in [-0.39, 0.29) is 0 Å². The van der Waals surface area contributed by atoms with Crippen molar-refractivity contribution in [1.29, 1.82) is 0 Å². The molecule has 66 valence electrons. The van der Waals surface area contributed by atoms with Gasteiger partial charge in [0.2, 0.25) is 0 Å². The van der Waals surface area contributed by atoms with Crippen molar-refractivity contribution < 1.29 is 4.74 Å². The predicted octanol–water partition coefficient (Wildman–Crippen LogP) is 2.99. The molecule has 0 radical (unpaired) electrons. The number of ether oxygens (including phenoxy) is 1. The van der Waals surface area contributed by atoms with Gasteiger partial charge in [-0.25, -0.2) is 0 Å². The first-order valence-corrected chi connectivity index (χ1v) is 4.96. The smallest absolute Gasteiger partial charge is 0.0575 e. The second kappa shape index (κ2) is 4.76. The number of hydrogen-bond acceptors (Lipinski definition) is 1. The third kappa shape index (κ3) is 2.82. The molecule has 1 aliphatic rings. The molecule has 0 saturated carbocycles. The van der Waals surface area contributed by atoms with Crippen LogP contribution in [0.4, 0.5) is 0 Å². The minimum Gasteiger partial charge on any atom is -0.378 e. The molecule has 0 aromatic heterocycles. The van der Waals surface area contributed by atoms with E-state index in [9.17, 15) is 0 Å². The Bertz CT molecular complexity index is 101. The SMILES string of the molecule is CCCCC[C@@H]1CCO[C@H]1C. The maximum Gasteiger partial charge on any atom is 0.0575 e. The first-order valence-electron chi connectivity index (χ1n) is 4.96. The van der Waals surface area contributed by atoms with Crippen molar-refractivity contribution >= 4 is 0 Å². The summed E-state index contributed by atoms with van der Waals surface area (Å²) >= 11 is 0. The Morgan fingerprint density at radius 1 is 1.36 bits per heavy atom. The number of hydrogen-bond donors (Lipinski definition) is 0. The zero-order valence-electron chi connectivity index (χ0n) is 7.81. The molecule has 1 fully saturated rings. The average molecular weight is 156 g/mol. The Morgan fingerprint density at radius 3 is 2.73 bits per heavy atom. The van der Waals surface area contributed by atoms with Gasteiger partial charge in [0.05, 0.1) is 6.10 Å². The minimum absolute atomic E-state index is 0.534. The van der Waals surface area contributed by atoms with Crippen LogP contribution in [-0.2, 0) is 4.74 Å². The number of rotatable bonds is 4. The fourth-order valence-corrected chi connectivity index (χ4v) is 1.81. The van der Waals surface area contributed by atoms with E-state index in [1.54, 1.807) is 0 Å². The lowest BCUT2D eigenvalue weighted by atomic mass is 9.96. The molecule has 0 unspecified atom stereocenters. The molecular formula is C10H20O. The molecule has 0 N–H and O–H groups in total. The van der Waals surface area contributed by atoms with Crippen molar-refractivity contribution in [3.63, 3.8) is 0 Å². The molecule has 1 aliphatic heterocycles. The quantitative estimate of drug-likeness (QED) is 0.568. The molecule has 1 saturated heterocycles. The van der Waals surface area contributed by atoms with Gasteiger partial charge in [-0.1, -0.05) is 26.2 Å². The van der Waals surface area contributed by atoms with Gasteiger partial charge in [-0.3, -0.25) is 0 Å².